The standard InChI is InChI=1S/C12H9ClF3N3O/c1-20-9-4-6(2-3-7(9)13)8-5-10(17)19-11(18-8)12(14,15)16/h2-5H,1H3,(H2,17,18,19). The van der Waals surface area contributed by atoms with Crippen LogP contribution in [0.5, 0.6) is 5.75 Å². The molecule has 0 bridgehead atoms. The summed E-state index contributed by atoms with van der Waals surface area (Å²) in [7, 11) is 1.40. The smallest absolute Gasteiger partial charge is 0.451 e. The maximum Gasteiger partial charge on any atom is 0.451 e. The third-order valence-electron chi connectivity index (χ3n) is 2.45. The van der Waals surface area contributed by atoms with Gasteiger partial charge >= 0.3 is 6.18 Å². The predicted octanol–water partition coefficient (Wildman–Crippen LogP) is 3.41. The summed E-state index contributed by atoms with van der Waals surface area (Å²) < 4.78 is 42.9. The van der Waals surface area contributed by atoms with Gasteiger partial charge in [-0.05, 0) is 12.1 Å². The molecule has 0 aliphatic heterocycles. The molecule has 0 radical (unpaired) electrons. The number of aromatic nitrogens is 2. The van der Waals surface area contributed by atoms with Gasteiger partial charge in [-0.2, -0.15) is 13.2 Å². The van der Waals surface area contributed by atoms with E-state index < -0.39 is 12.0 Å². The van der Waals surface area contributed by atoms with Crippen molar-refractivity contribution >= 4 is 17.4 Å². The van der Waals surface area contributed by atoms with Crippen molar-refractivity contribution in [2.75, 3.05) is 12.8 Å². The van der Waals surface area contributed by atoms with Crippen LogP contribution in [0.4, 0.5) is 19.0 Å². The second-order valence-electron chi connectivity index (χ2n) is 3.85. The Hall–Kier alpha value is -2.02. The van der Waals surface area contributed by atoms with Gasteiger partial charge in [0.05, 0.1) is 17.8 Å². The Balaban J connectivity index is 2.55. The number of methoxy groups -OCH3 is 1. The number of alkyl halides is 3. The quantitative estimate of drug-likeness (QED) is 0.923. The first-order valence-electron chi connectivity index (χ1n) is 5.37. The first-order chi connectivity index (χ1) is 9.31. The van der Waals surface area contributed by atoms with Crippen molar-refractivity contribution in [1.29, 1.82) is 0 Å². The van der Waals surface area contributed by atoms with Crippen molar-refractivity contribution < 1.29 is 17.9 Å². The van der Waals surface area contributed by atoms with Crippen LogP contribution in [0.3, 0.4) is 0 Å². The van der Waals surface area contributed by atoms with Crippen molar-refractivity contribution in [1.82, 2.24) is 9.97 Å². The summed E-state index contributed by atoms with van der Waals surface area (Å²) in [5.41, 5.74) is 5.82. The second kappa shape index (κ2) is 5.16. The van der Waals surface area contributed by atoms with Gasteiger partial charge in [-0.15, -0.1) is 0 Å². The summed E-state index contributed by atoms with van der Waals surface area (Å²) in [6.07, 6.45) is -4.67. The Kier molecular flexibility index (Phi) is 3.71. The Morgan fingerprint density at radius 3 is 2.50 bits per heavy atom. The summed E-state index contributed by atoms with van der Waals surface area (Å²) in [5.74, 6) is -1.23. The van der Waals surface area contributed by atoms with Crippen LogP contribution in [0.1, 0.15) is 5.82 Å². The third-order valence-corrected chi connectivity index (χ3v) is 2.76. The van der Waals surface area contributed by atoms with Gasteiger partial charge in [0.15, 0.2) is 0 Å². The lowest BCUT2D eigenvalue weighted by atomic mass is 10.1. The molecule has 1 aromatic heterocycles. The molecule has 2 N–H and O–H groups in total. The van der Waals surface area contributed by atoms with Gasteiger partial charge in [0, 0.05) is 11.6 Å². The van der Waals surface area contributed by atoms with Crippen LogP contribution in [-0.4, -0.2) is 17.1 Å². The van der Waals surface area contributed by atoms with Gasteiger partial charge in [0.1, 0.15) is 11.6 Å². The summed E-state index contributed by atoms with van der Waals surface area (Å²) in [5, 5.41) is 0.342. The normalized spacial score (nSPS) is 11.4. The highest BCUT2D eigenvalue weighted by molar-refractivity contribution is 6.32. The molecular weight excluding hydrogens is 295 g/mol. The maximum absolute atomic E-state index is 12.6. The summed E-state index contributed by atoms with van der Waals surface area (Å²) >= 11 is 5.86. The first kappa shape index (κ1) is 14.4. The number of halogens is 4. The molecule has 2 rings (SSSR count). The van der Waals surface area contributed by atoms with Gasteiger partial charge in [0.2, 0.25) is 5.82 Å². The van der Waals surface area contributed by atoms with Crippen molar-refractivity contribution in [3.05, 3.63) is 35.1 Å². The number of anilines is 1. The molecule has 2 aromatic rings. The minimum atomic E-state index is -4.67. The molecule has 0 aliphatic carbocycles. The third kappa shape index (κ3) is 2.93. The Morgan fingerprint density at radius 1 is 1.20 bits per heavy atom. The number of benzene rings is 1. The molecule has 0 atom stereocenters. The molecule has 8 heteroatoms. The lowest BCUT2D eigenvalue weighted by molar-refractivity contribution is -0.144. The van der Waals surface area contributed by atoms with Crippen molar-refractivity contribution in [3.63, 3.8) is 0 Å². The van der Waals surface area contributed by atoms with E-state index in [1.807, 2.05) is 0 Å². The van der Waals surface area contributed by atoms with Crippen LogP contribution in [0.25, 0.3) is 11.3 Å². The second-order valence-corrected chi connectivity index (χ2v) is 4.26. The minimum absolute atomic E-state index is 0.0415. The van der Waals surface area contributed by atoms with Crippen molar-refractivity contribution in [2.24, 2.45) is 0 Å². The van der Waals surface area contributed by atoms with Gasteiger partial charge in [0.25, 0.3) is 0 Å². The topological polar surface area (TPSA) is 61.0 Å². The Bertz CT molecular complexity index is 646. The fourth-order valence-electron chi connectivity index (χ4n) is 1.56. The van der Waals surface area contributed by atoms with Crippen LogP contribution in [0.2, 0.25) is 5.02 Å². The molecular formula is C12H9ClF3N3O. The van der Waals surface area contributed by atoms with Crippen LogP contribution >= 0.6 is 11.6 Å². The molecule has 0 amide bonds. The molecule has 1 aromatic carbocycles. The molecule has 0 unspecified atom stereocenters. The largest absolute Gasteiger partial charge is 0.495 e. The maximum atomic E-state index is 12.6. The molecule has 0 saturated carbocycles. The van der Waals surface area contributed by atoms with Gasteiger partial charge in [-0.1, -0.05) is 17.7 Å². The molecule has 20 heavy (non-hydrogen) atoms. The van der Waals surface area contributed by atoms with E-state index in [0.29, 0.717) is 16.3 Å². The predicted molar refractivity (Wildman–Crippen MR) is 68.4 cm³/mol. The highest BCUT2D eigenvalue weighted by Crippen LogP contribution is 2.32. The van der Waals surface area contributed by atoms with E-state index >= 15 is 0 Å². The van der Waals surface area contributed by atoms with Gasteiger partial charge < -0.3 is 10.5 Å². The number of hydrogen-bond donors (Lipinski definition) is 1. The lowest BCUT2D eigenvalue weighted by Gasteiger charge is -2.10. The highest BCUT2D eigenvalue weighted by Gasteiger charge is 2.35. The SMILES string of the molecule is COc1cc(-c2cc(N)nc(C(F)(F)F)n2)ccc1Cl. The van der Waals surface area contributed by atoms with Gasteiger partial charge in [-0.3, -0.25) is 0 Å². The number of ether oxygens (including phenoxy) is 1. The lowest BCUT2D eigenvalue weighted by Crippen LogP contribution is -2.13. The molecule has 106 valence electrons. The van der Waals surface area contributed by atoms with E-state index in [4.69, 9.17) is 22.1 Å². The average Bonchev–Trinajstić information content (AvgIpc) is 2.37. The van der Waals surface area contributed by atoms with Crippen molar-refractivity contribution in [3.8, 4) is 17.0 Å². The zero-order chi connectivity index (χ0) is 14.9. The Morgan fingerprint density at radius 2 is 1.90 bits per heavy atom. The number of rotatable bonds is 2. The molecule has 1 heterocycles. The van der Waals surface area contributed by atoms with Crippen molar-refractivity contribution in [2.45, 2.75) is 6.18 Å². The van der Waals surface area contributed by atoms with E-state index in [1.54, 1.807) is 0 Å². The Labute approximate surface area is 117 Å². The molecule has 0 spiro atoms. The summed E-state index contributed by atoms with van der Waals surface area (Å²) in [4.78, 5) is 6.64. The minimum Gasteiger partial charge on any atom is -0.495 e. The number of hydrogen-bond acceptors (Lipinski definition) is 4. The van der Waals surface area contributed by atoms with Crippen LogP contribution < -0.4 is 10.5 Å². The highest BCUT2D eigenvalue weighted by atomic mass is 35.5. The first-order valence-corrected chi connectivity index (χ1v) is 5.74. The van der Waals surface area contributed by atoms with E-state index in [0.717, 1.165) is 0 Å². The fraction of sp³-hybridized carbons (Fsp3) is 0.167. The zero-order valence-corrected chi connectivity index (χ0v) is 11.0. The van der Waals surface area contributed by atoms with E-state index in [-0.39, 0.29) is 11.5 Å². The number of nitrogens with two attached hydrogens (primary N) is 1. The van der Waals surface area contributed by atoms with E-state index in [1.165, 1.54) is 31.4 Å². The molecule has 4 nitrogen and oxygen atoms in total. The zero-order valence-electron chi connectivity index (χ0n) is 10.2. The van der Waals surface area contributed by atoms with Crippen LogP contribution in [0.15, 0.2) is 24.3 Å². The van der Waals surface area contributed by atoms with Crippen LogP contribution in [0, 0.1) is 0 Å². The average molecular weight is 304 g/mol. The van der Waals surface area contributed by atoms with E-state index in [9.17, 15) is 13.2 Å². The summed E-state index contributed by atoms with van der Waals surface area (Å²) in [6, 6.07) is 5.75. The molecule has 0 saturated heterocycles. The van der Waals surface area contributed by atoms with E-state index in [2.05, 4.69) is 9.97 Å². The van der Waals surface area contributed by atoms with Crippen LogP contribution in [-0.2, 0) is 6.18 Å². The molecule has 0 fully saturated rings. The fourth-order valence-corrected chi connectivity index (χ4v) is 1.75. The number of nitrogens with zero attached hydrogens (tertiary/aromatic N) is 2. The summed E-state index contributed by atoms with van der Waals surface area (Å²) in [6.45, 7) is 0. The monoisotopic (exact) mass is 303 g/mol. The molecule has 0 aliphatic rings. The van der Waals surface area contributed by atoms with Gasteiger partial charge in [-0.25, -0.2) is 9.97 Å². The number of nitrogen functional groups attached to an aromatic ring is 1.